The van der Waals surface area contributed by atoms with Crippen molar-refractivity contribution in [3.63, 3.8) is 0 Å². The first-order valence-corrected chi connectivity index (χ1v) is 7.57. The van der Waals surface area contributed by atoms with E-state index in [4.69, 9.17) is 15.0 Å². The maximum atomic E-state index is 6.04. The van der Waals surface area contributed by atoms with Crippen molar-refractivity contribution in [2.75, 3.05) is 7.11 Å². The highest BCUT2D eigenvalue weighted by atomic mass is 16.5. The van der Waals surface area contributed by atoms with Crippen molar-refractivity contribution in [3.8, 4) is 0 Å². The van der Waals surface area contributed by atoms with Gasteiger partial charge in [-0.1, -0.05) is 32.3 Å². The van der Waals surface area contributed by atoms with Gasteiger partial charge in [0.05, 0.1) is 6.04 Å². The summed E-state index contributed by atoms with van der Waals surface area (Å²) in [7, 11) is 1.74. The van der Waals surface area contributed by atoms with Crippen molar-refractivity contribution in [1.82, 2.24) is 10.1 Å². The Kier molecular flexibility index (Phi) is 4.49. The third kappa shape index (κ3) is 3.04. The van der Waals surface area contributed by atoms with Crippen LogP contribution >= 0.6 is 0 Å². The van der Waals surface area contributed by atoms with E-state index >= 15 is 0 Å². The third-order valence-electron chi connectivity index (χ3n) is 4.57. The van der Waals surface area contributed by atoms with E-state index in [2.05, 4.69) is 30.9 Å². The van der Waals surface area contributed by atoms with Crippen molar-refractivity contribution in [3.05, 3.63) is 11.7 Å². The molecule has 1 fully saturated rings. The highest BCUT2D eigenvalue weighted by Crippen LogP contribution is 2.46. The van der Waals surface area contributed by atoms with Crippen LogP contribution in [0.15, 0.2) is 4.52 Å². The van der Waals surface area contributed by atoms with Crippen LogP contribution in [0.1, 0.15) is 77.1 Å². The Morgan fingerprint density at radius 1 is 1.30 bits per heavy atom. The predicted molar refractivity (Wildman–Crippen MR) is 77.1 cm³/mol. The fraction of sp³-hybridized carbons (Fsp3) is 0.867. The zero-order valence-corrected chi connectivity index (χ0v) is 13.1. The average Bonchev–Trinajstić information content (AvgIpc) is 2.90. The Labute approximate surface area is 121 Å². The lowest BCUT2D eigenvalue weighted by atomic mass is 9.70. The zero-order valence-electron chi connectivity index (χ0n) is 13.1. The summed E-state index contributed by atoms with van der Waals surface area (Å²) >= 11 is 0. The fourth-order valence-corrected chi connectivity index (χ4v) is 2.85. The highest BCUT2D eigenvalue weighted by molar-refractivity contribution is 5.06. The molecule has 5 nitrogen and oxygen atoms in total. The summed E-state index contributed by atoms with van der Waals surface area (Å²) in [6, 6.07) is -0.171. The minimum atomic E-state index is -0.400. The van der Waals surface area contributed by atoms with E-state index in [-0.39, 0.29) is 6.04 Å². The third-order valence-corrected chi connectivity index (χ3v) is 4.57. The molecular weight excluding hydrogens is 254 g/mol. The Balaban J connectivity index is 2.16. The van der Waals surface area contributed by atoms with Gasteiger partial charge in [0.1, 0.15) is 5.60 Å². The van der Waals surface area contributed by atoms with E-state index in [1.54, 1.807) is 7.11 Å². The molecule has 5 heteroatoms. The van der Waals surface area contributed by atoms with Crippen molar-refractivity contribution in [2.24, 2.45) is 11.1 Å². The van der Waals surface area contributed by atoms with Crippen molar-refractivity contribution in [1.29, 1.82) is 0 Å². The summed E-state index contributed by atoms with van der Waals surface area (Å²) in [6.45, 7) is 6.69. The Morgan fingerprint density at radius 3 is 2.50 bits per heavy atom. The van der Waals surface area contributed by atoms with E-state index in [0.29, 0.717) is 17.1 Å². The first-order chi connectivity index (χ1) is 9.42. The van der Waals surface area contributed by atoms with Gasteiger partial charge in [-0.3, -0.25) is 0 Å². The Morgan fingerprint density at radius 2 is 1.95 bits per heavy atom. The lowest BCUT2D eigenvalue weighted by Gasteiger charge is -2.40. The number of aromatic nitrogens is 2. The van der Waals surface area contributed by atoms with Crippen molar-refractivity contribution >= 4 is 0 Å². The maximum Gasteiger partial charge on any atom is 0.243 e. The molecule has 114 valence electrons. The molecule has 0 amide bonds. The fourth-order valence-electron chi connectivity index (χ4n) is 2.85. The lowest BCUT2D eigenvalue weighted by molar-refractivity contribution is -0.0740. The molecular formula is C15H27N3O2. The molecule has 1 aromatic heterocycles. The molecule has 0 bridgehead atoms. The van der Waals surface area contributed by atoms with Crippen LogP contribution < -0.4 is 5.73 Å². The van der Waals surface area contributed by atoms with E-state index in [0.717, 1.165) is 38.5 Å². The van der Waals surface area contributed by atoms with Crippen LogP contribution in [0.5, 0.6) is 0 Å². The topological polar surface area (TPSA) is 74.2 Å². The standard InChI is InChI=1S/C15H27N3O2/c1-5-6-11(16)12-17-13(18-20-12)15(19-4)9-7-14(2,3)8-10-15/h11H,5-10,16H2,1-4H3/t11-/m0/s1. The van der Waals surface area contributed by atoms with Crippen LogP contribution in [0.2, 0.25) is 0 Å². The molecule has 2 rings (SSSR count). The molecule has 0 aliphatic heterocycles. The van der Waals surface area contributed by atoms with E-state index < -0.39 is 5.60 Å². The molecule has 1 saturated carbocycles. The molecule has 2 N–H and O–H groups in total. The smallest absolute Gasteiger partial charge is 0.243 e. The number of rotatable bonds is 5. The summed E-state index contributed by atoms with van der Waals surface area (Å²) in [5, 5.41) is 4.14. The molecule has 1 atom stereocenters. The number of nitrogens with zero attached hydrogens (tertiary/aromatic N) is 2. The Bertz CT molecular complexity index is 432. The normalized spacial score (nSPS) is 22.6. The van der Waals surface area contributed by atoms with Gasteiger partial charge < -0.3 is 15.0 Å². The maximum absolute atomic E-state index is 6.04. The molecule has 0 aromatic carbocycles. The number of ether oxygens (including phenoxy) is 1. The number of hydrogen-bond donors (Lipinski definition) is 1. The first-order valence-electron chi connectivity index (χ1n) is 7.57. The first kappa shape index (κ1) is 15.4. The summed E-state index contributed by atoms with van der Waals surface area (Å²) in [6.07, 6.45) is 5.92. The monoisotopic (exact) mass is 281 g/mol. The van der Waals surface area contributed by atoms with Gasteiger partial charge in [0.25, 0.3) is 0 Å². The minimum Gasteiger partial charge on any atom is -0.370 e. The molecule has 0 unspecified atom stereocenters. The van der Waals surface area contributed by atoms with Crippen LogP contribution in [-0.2, 0) is 10.3 Å². The Hall–Kier alpha value is -0.940. The molecule has 0 saturated heterocycles. The molecule has 0 radical (unpaired) electrons. The van der Waals surface area contributed by atoms with Gasteiger partial charge in [0, 0.05) is 7.11 Å². The number of hydrogen-bond acceptors (Lipinski definition) is 5. The largest absolute Gasteiger partial charge is 0.370 e. The minimum absolute atomic E-state index is 0.171. The molecule has 1 heterocycles. The summed E-state index contributed by atoms with van der Waals surface area (Å²) in [4.78, 5) is 4.52. The van der Waals surface area contributed by atoms with Gasteiger partial charge in [0.2, 0.25) is 11.7 Å². The predicted octanol–water partition coefficient (Wildman–Crippen LogP) is 3.31. The van der Waals surface area contributed by atoms with Gasteiger partial charge in [-0.05, 0) is 37.5 Å². The highest BCUT2D eigenvalue weighted by Gasteiger charge is 2.43. The van der Waals surface area contributed by atoms with Crippen LogP contribution in [0, 0.1) is 5.41 Å². The SMILES string of the molecule is CCC[C@H](N)c1nc(C2(OC)CCC(C)(C)CC2)no1. The van der Waals surface area contributed by atoms with E-state index in [9.17, 15) is 0 Å². The number of nitrogens with two attached hydrogens (primary N) is 1. The zero-order chi connectivity index (χ0) is 14.8. The second-order valence-electron chi connectivity index (χ2n) is 6.71. The van der Waals surface area contributed by atoms with E-state index in [1.807, 2.05) is 0 Å². The summed E-state index contributed by atoms with van der Waals surface area (Å²) in [5.74, 6) is 1.19. The van der Waals surface area contributed by atoms with Crippen LogP contribution in [0.4, 0.5) is 0 Å². The molecule has 1 aliphatic rings. The lowest BCUT2D eigenvalue weighted by Crippen LogP contribution is -2.37. The van der Waals surface area contributed by atoms with Crippen molar-refractivity contribution in [2.45, 2.75) is 70.9 Å². The molecule has 1 aliphatic carbocycles. The van der Waals surface area contributed by atoms with Gasteiger partial charge in [-0.15, -0.1) is 0 Å². The molecule has 1 aromatic rings. The summed E-state index contributed by atoms with van der Waals surface area (Å²) < 4.78 is 11.1. The summed E-state index contributed by atoms with van der Waals surface area (Å²) in [5.41, 5.74) is 6.01. The average molecular weight is 281 g/mol. The number of methoxy groups -OCH3 is 1. The second kappa shape index (κ2) is 5.82. The van der Waals surface area contributed by atoms with Crippen LogP contribution in [0.25, 0.3) is 0 Å². The van der Waals surface area contributed by atoms with Gasteiger partial charge in [-0.25, -0.2) is 0 Å². The quantitative estimate of drug-likeness (QED) is 0.896. The van der Waals surface area contributed by atoms with Gasteiger partial charge >= 0.3 is 0 Å². The van der Waals surface area contributed by atoms with Crippen LogP contribution in [0.3, 0.4) is 0 Å². The van der Waals surface area contributed by atoms with Crippen molar-refractivity contribution < 1.29 is 9.26 Å². The molecule has 0 spiro atoms. The van der Waals surface area contributed by atoms with Gasteiger partial charge in [-0.2, -0.15) is 4.98 Å². The van der Waals surface area contributed by atoms with Gasteiger partial charge in [0.15, 0.2) is 0 Å². The van der Waals surface area contributed by atoms with E-state index in [1.165, 1.54) is 0 Å². The molecule has 20 heavy (non-hydrogen) atoms. The second-order valence-corrected chi connectivity index (χ2v) is 6.71. The van der Waals surface area contributed by atoms with Crippen LogP contribution in [-0.4, -0.2) is 17.3 Å².